The lowest BCUT2D eigenvalue weighted by molar-refractivity contribution is -0.123. The number of hydrogen-bond donors (Lipinski definition) is 2. The van der Waals surface area contributed by atoms with Gasteiger partial charge >= 0.3 is 0 Å². The average molecular weight is 433 g/mol. The normalized spacial score (nSPS) is 15.0. The fourth-order valence-corrected chi connectivity index (χ4v) is 4.28. The molecule has 1 fully saturated rings. The highest BCUT2D eigenvalue weighted by Crippen LogP contribution is 2.20. The maximum Gasteiger partial charge on any atom is 0.256 e. The summed E-state index contributed by atoms with van der Waals surface area (Å²) in [5.41, 5.74) is 8.14. The Morgan fingerprint density at radius 2 is 1.75 bits per heavy atom. The van der Waals surface area contributed by atoms with Crippen molar-refractivity contribution in [3.05, 3.63) is 76.1 Å². The summed E-state index contributed by atoms with van der Waals surface area (Å²) >= 11 is 0. The van der Waals surface area contributed by atoms with Crippen LogP contribution in [0.1, 0.15) is 28.8 Å². The van der Waals surface area contributed by atoms with Crippen LogP contribution in [0.25, 0.3) is 10.9 Å². The van der Waals surface area contributed by atoms with Crippen molar-refractivity contribution >= 4 is 28.4 Å². The van der Waals surface area contributed by atoms with Crippen molar-refractivity contribution < 1.29 is 9.59 Å². The zero-order chi connectivity index (χ0) is 22.7. The summed E-state index contributed by atoms with van der Waals surface area (Å²) in [7, 11) is 1.70. The van der Waals surface area contributed by atoms with Crippen LogP contribution in [0.3, 0.4) is 0 Å². The molecule has 3 aromatic rings. The largest absolute Gasteiger partial charge is 0.369 e. The highest BCUT2D eigenvalue weighted by Gasteiger charge is 2.22. The summed E-state index contributed by atoms with van der Waals surface area (Å²) < 4.78 is 1.54. The smallest absolute Gasteiger partial charge is 0.256 e. The van der Waals surface area contributed by atoms with Gasteiger partial charge in [-0.2, -0.15) is 0 Å². The van der Waals surface area contributed by atoms with Crippen LogP contribution in [-0.4, -0.2) is 40.9 Å². The predicted octanol–water partition coefficient (Wildman–Crippen LogP) is 2.53. The first kappa shape index (κ1) is 21.8. The summed E-state index contributed by atoms with van der Waals surface area (Å²) in [5, 5.41) is 3.64. The van der Waals surface area contributed by atoms with Gasteiger partial charge in [-0.3, -0.25) is 14.4 Å². The molecule has 3 N–H and O–H groups in total. The number of nitrogens with two attached hydrogens (primary N) is 1. The van der Waals surface area contributed by atoms with Crippen LogP contribution in [0.15, 0.2) is 59.4 Å². The average Bonchev–Trinajstić information content (AvgIpc) is 2.81. The number of anilines is 1. The van der Waals surface area contributed by atoms with E-state index in [0.29, 0.717) is 11.3 Å². The Kier molecular flexibility index (Phi) is 6.37. The first-order valence-electron chi connectivity index (χ1n) is 10.9. The number of piperidine rings is 1. The van der Waals surface area contributed by atoms with E-state index in [0.717, 1.165) is 49.8 Å². The number of carbonyl (C=O) groups excluding carboxylic acids is 2. The zero-order valence-corrected chi connectivity index (χ0v) is 18.2. The van der Waals surface area contributed by atoms with Crippen LogP contribution in [0, 0.1) is 5.92 Å². The highest BCUT2D eigenvalue weighted by atomic mass is 16.2. The van der Waals surface area contributed by atoms with Gasteiger partial charge in [-0.15, -0.1) is 0 Å². The van der Waals surface area contributed by atoms with Gasteiger partial charge in [-0.05, 0) is 56.1 Å². The van der Waals surface area contributed by atoms with Gasteiger partial charge in [0.25, 0.3) is 11.5 Å². The summed E-state index contributed by atoms with van der Waals surface area (Å²) in [6.07, 6.45) is 2.56. The van der Waals surface area contributed by atoms with Gasteiger partial charge in [-0.25, -0.2) is 0 Å². The molecule has 0 saturated carbocycles. The molecule has 1 aromatic heterocycles. The van der Waals surface area contributed by atoms with E-state index in [9.17, 15) is 14.4 Å². The van der Waals surface area contributed by atoms with Crippen molar-refractivity contribution in [3.8, 4) is 0 Å². The standard InChI is InChI=1S/C25H28N4O3/c1-28-22-5-3-2-4-20(22)21(16-23(28)30)25(32)27-19-8-6-17(7-9-19)10-13-29-14-11-18(12-15-29)24(26)31/h2-9,16,18H,10-15H2,1H3,(H2,26,31)(H,27,32). The lowest BCUT2D eigenvalue weighted by Gasteiger charge is -2.30. The van der Waals surface area contributed by atoms with E-state index >= 15 is 0 Å². The van der Waals surface area contributed by atoms with Crippen molar-refractivity contribution in [1.29, 1.82) is 0 Å². The van der Waals surface area contributed by atoms with Crippen LogP contribution < -0.4 is 16.6 Å². The number of aromatic nitrogens is 1. The maximum atomic E-state index is 12.9. The fraction of sp³-hybridized carbons (Fsp3) is 0.320. The Bertz CT molecular complexity index is 1190. The number of rotatable bonds is 6. The number of carbonyl (C=O) groups is 2. The summed E-state index contributed by atoms with van der Waals surface area (Å²) in [4.78, 5) is 38.8. The van der Waals surface area contributed by atoms with E-state index in [-0.39, 0.29) is 23.3 Å². The molecule has 4 rings (SSSR count). The van der Waals surface area contributed by atoms with Crippen molar-refractivity contribution in [2.24, 2.45) is 18.7 Å². The molecular weight excluding hydrogens is 404 g/mol. The van der Waals surface area contributed by atoms with E-state index in [1.807, 2.05) is 48.5 Å². The molecule has 2 amide bonds. The topological polar surface area (TPSA) is 97.4 Å². The lowest BCUT2D eigenvalue weighted by atomic mass is 9.96. The number of likely N-dealkylation sites (tertiary alicyclic amines) is 1. The molecule has 7 nitrogen and oxygen atoms in total. The van der Waals surface area contributed by atoms with E-state index in [2.05, 4.69) is 10.2 Å². The number of para-hydroxylation sites is 1. The monoisotopic (exact) mass is 432 g/mol. The zero-order valence-electron chi connectivity index (χ0n) is 18.2. The van der Waals surface area contributed by atoms with Crippen LogP contribution in [0.5, 0.6) is 0 Å². The van der Waals surface area contributed by atoms with Crippen LogP contribution in [0.4, 0.5) is 5.69 Å². The highest BCUT2D eigenvalue weighted by molar-refractivity contribution is 6.12. The molecule has 2 heterocycles. The Labute approximate surface area is 186 Å². The molecule has 0 unspecified atom stereocenters. The summed E-state index contributed by atoms with van der Waals surface area (Å²) in [5.74, 6) is -0.480. The molecule has 166 valence electrons. The maximum absolute atomic E-state index is 12.9. The molecule has 1 aliphatic heterocycles. The number of nitrogens with one attached hydrogen (secondary N) is 1. The van der Waals surface area contributed by atoms with E-state index in [4.69, 9.17) is 5.73 Å². The first-order valence-corrected chi connectivity index (χ1v) is 10.9. The molecule has 0 aliphatic carbocycles. The minimum absolute atomic E-state index is 0.0103. The number of aryl methyl sites for hydroxylation is 1. The lowest BCUT2D eigenvalue weighted by Crippen LogP contribution is -2.39. The molecule has 0 radical (unpaired) electrons. The van der Waals surface area contributed by atoms with Crippen LogP contribution in [-0.2, 0) is 18.3 Å². The van der Waals surface area contributed by atoms with Crippen molar-refractivity contribution in [1.82, 2.24) is 9.47 Å². The Morgan fingerprint density at radius 1 is 1.06 bits per heavy atom. The second-order valence-electron chi connectivity index (χ2n) is 8.39. The molecule has 1 saturated heterocycles. The molecule has 0 atom stereocenters. The quantitative estimate of drug-likeness (QED) is 0.625. The third-order valence-corrected chi connectivity index (χ3v) is 6.32. The third-order valence-electron chi connectivity index (χ3n) is 6.32. The van der Waals surface area contributed by atoms with Crippen molar-refractivity contribution in [2.75, 3.05) is 25.0 Å². The van der Waals surface area contributed by atoms with Gasteiger partial charge in [0.2, 0.25) is 5.91 Å². The third kappa shape index (κ3) is 4.73. The number of fused-ring (bicyclic) bond motifs is 1. The van der Waals surface area contributed by atoms with Gasteiger partial charge in [0.1, 0.15) is 0 Å². The first-order chi connectivity index (χ1) is 15.4. The summed E-state index contributed by atoms with van der Waals surface area (Å²) in [6.45, 7) is 2.72. The fourth-order valence-electron chi connectivity index (χ4n) is 4.28. The number of nitrogens with zero attached hydrogens (tertiary/aromatic N) is 2. The predicted molar refractivity (Wildman–Crippen MR) is 126 cm³/mol. The van der Waals surface area contributed by atoms with Gasteiger partial charge in [0.05, 0.1) is 11.1 Å². The molecule has 1 aliphatic rings. The number of benzene rings is 2. The number of primary amides is 1. The Morgan fingerprint density at radius 3 is 2.44 bits per heavy atom. The minimum atomic E-state index is -0.302. The van der Waals surface area contributed by atoms with Crippen molar-refractivity contribution in [2.45, 2.75) is 19.3 Å². The minimum Gasteiger partial charge on any atom is -0.369 e. The van der Waals surface area contributed by atoms with Crippen LogP contribution >= 0.6 is 0 Å². The molecule has 0 spiro atoms. The number of hydrogen-bond acceptors (Lipinski definition) is 4. The van der Waals surface area contributed by atoms with Gasteiger partial charge in [0, 0.05) is 36.7 Å². The molecule has 0 bridgehead atoms. The molecule has 7 heteroatoms. The van der Waals surface area contributed by atoms with E-state index < -0.39 is 0 Å². The number of amides is 2. The van der Waals surface area contributed by atoms with Gasteiger partial charge < -0.3 is 20.5 Å². The van der Waals surface area contributed by atoms with Crippen LogP contribution in [0.2, 0.25) is 0 Å². The van der Waals surface area contributed by atoms with E-state index in [1.54, 1.807) is 7.05 Å². The second-order valence-corrected chi connectivity index (χ2v) is 8.39. The molecule has 32 heavy (non-hydrogen) atoms. The molecular formula is C25H28N4O3. The molecule has 2 aromatic carbocycles. The van der Waals surface area contributed by atoms with Gasteiger partial charge in [0.15, 0.2) is 0 Å². The summed E-state index contributed by atoms with van der Waals surface area (Å²) in [6, 6.07) is 16.6. The number of pyridine rings is 1. The van der Waals surface area contributed by atoms with Gasteiger partial charge in [-0.1, -0.05) is 30.3 Å². The second kappa shape index (κ2) is 9.36. The Balaban J connectivity index is 1.38. The Hall–Kier alpha value is -3.45. The van der Waals surface area contributed by atoms with Crippen molar-refractivity contribution in [3.63, 3.8) is 0 Å². The van der Waals surface area contributed by atoms with E-state index in [1.165, 1.54) is 16.2 Å². The SMILES string of the molecule is Cn1c(=O)cc(C(=O)Nc2ccc(CCN3CCC(C(N)=O)CC3)cc2)c2ccccc21.